The van der Waals surface area contributed by atoms with Crippen molar-refractivity contribution in [2.75, 3.05) is 10.6 Å². The van der Waals surface area contributed by atoms with Crippen LogP contribution in [0.3, 0.4) is 0 Å². The molecule has 0 radical (unpaired) electrons. The van der Waals surface area contributed by atoms with E-state index in [2.05, 4.69) is 20.4 Å². The van der Waals surface area contributed by atoms with E-state index < -0.39 is 18.6 Å². The molecule has 0 atom stereocenters. The number of halogens is 2. The first-order valence-electron chi connectivity index (χ1n) is 11.0. The van der Waals surface area contributed by atoms with Gasteiger partial charge in [0.1, 0.15) is 5.69 Å². The Balaban J connectivity index is 0.000000357. The number of carbonyl (C=O) groups excluding carboxylic acids is 1. The number of hydrogen-bond acceptors (Lipinski definition) is 4. The molecule has 0 saturated heterocycles. The molecule has 0 bridgehead atoms. The van der Waals surface area contributed by atoms with Crippen molar-refractivity contribution in [1.82, 2.24) is 4.98 Å². The summed E-state index contributed by atoms with van der Waals surface area (Å²) < 4.78 is 29.4. The molecule has 0 unspecified atom stereocenters. The molecule has 1 saturated carbocycles. The normalized spacial score (nSPS) is 13.8. The molecule has 9 heteroatoms. The van der Waals surface area contributed by atoms with Crippen LogP contribution < -0.4 is 15.4 Å². The lowest BCUT2D eigenvalue weighted by Crippen LogP contribution is -2.21. The summed E-state index contributed by atoms with van der Waals surface area (Å²) in [5.41, 5.74) is 2.20. The Morgan fingerprint density at radius 2 is 1.73 bits per heavy atom. The molecule has 33 heavy (non-hydrogen) atoms. The summed E-state index contributed by atoms with van der Waals surface area (Å²) in [6.07, 6.45) is 6.52. The molecule has 2 amide bonds. The molecule has 1 aliphatic rings. The number of carbonyl (C=O) groups is 2. The number of para-hydroxylation sites is 1. The summed E-state index contributed by atoms with van der Waals surface area (Å²) in [6.45, 7) is 2.67. The number of rotatable bonds is 6. The average Bonchev–Trinajstić information content (AvgIpc) is 2.76. The highest BCUT2D eigenvalue weighted by molar-refractivity contribution is 6.01. The minimum Gasteiger partial charge on any atom is -0.481 e. The number of benzene rings is 1. The van der Waals surface area contributed by atoms with Crippen molar-refractivity contribution in [2.45, 2.75) is 65.4 Å². The minimum atomic E-state index is -2.99. The summed E-state index contributed by atoms with van der Waals surface area (Å²) in [4.78, 5) is 26.5. The van der Waals surface area contributed by atoms with Crippen LogP contribution in [-0.4, -0.2) is 28.7 Å². The minimum absolute atomic E-state index is 0.0289. The molecule has 2 aromatic rings. The Morgan fingerprint density at radius 1 is 1.09 bits per heavy atom. The molecule has 3 N–H and O–H groups in total. The summed E-state index contributed by atoms with van der Waals surface area (Å²) in [5, 5.41) is 13.7. The van der Waals surface area contributed by atoms with Crippen LogP contribution in [-0.2, 0) is 4.79 Å². The molecule has 1 fully saturated rings. The summed E-state index contributed by atoms with van der Waals surface area (Å²) >= 11 is 0. The maximum absolute atomic E-state index is 12.5. The van der Waals surface area contributed by atoms with Gasteiger partial charge in [-0.2, -0.15) is 8.78 Å². The first kappa shape index (κ1) is 26.0. The van der Waals surface area contributed by atoms with E-state index in [0.717, 1.165) is 31.2 Å². The molecule has 0 aliphatic heterocycles. The number of ether oxygens (including phenoxy) is 1. The number of alkyl halides is 2. The molecular weight excluding hydrogens is 432 g/mol. The van der Waals surface area contributed by atoms with Crippen molar-refractivity contribution in [3.05, 3.63) is 47.8 Å². The first-order valence-corrected chi connectivity index (χ1v) is 11.0. The van der Waals surface area contributed by atoms with Gasteiger partial charge < -0.3 is 20.5 Å². The highest BCUT2D eigenvalue weighted by Gasteiger charge is 2.19. The SMILES string of the molecule is Cc1cc(OC(F)F)c(NC(=O)Nc2ccccc2C(C)C)cn1.O=C(O)C1CCCCC1. The number of nitrogens with zero attached hydrogens (tertiary/aromatic N) is 1. The molecule has 3 rings (SSSR count). The Hall–Kier alpha value is -3.23. The topological polar surface area (TPSA) is 101 Å². The second-order valence-corrected chi connectivity index (χ2v) is 8.19. The van der Waals surface area contributed by atoms with Gasteiger partial charge in [0, 0.05) is 17.4 Å². The number of aryl methyl sites for hydroxylation is 1. The van der Waals surface area contributed by atoms with Crippen LogP contribution in [0, 0.1) is 12.8 Å². The summed E-state index contributed by atoms with van der Waals surface area (Å²) in [6, 6.07) is 8.16. The van der Waals surface area contributed by atoms with Crippen molar-refractivity contribution in [3.63, 3.8) is 0 Å². The van der Waals surface area contributed by atoms with Crippen molar-refractivity contribution < 1.29 is 28.2 Å². The van der Waals surface area contributed by atoms with E-state index in [1.54, 1.807) is 19.1 Å². The van der Waals surface area contributed by atoms with Gasteiger partial charge in [0.15, 0.2) is 5.75 Å². The number of pyridine rings is 1. The number of hydrogen-bond donors (Lipinski definition) is 3. The van der Waals surface area contributed by atoms with E-state index in [1.165, 1.54) is 18.7 Å². The molecular formula is C24H31F2N3O4. The maximum atomic E-state index is 12.5. The standard InChI is InChI=1S/C17H19F2N3O2.C7H12O2/c1-10(2)12-6-4-5-7-13(12)21-17(23)22-14-9-20-11(3)8-15(14)24-16(18)19;8-7(9)6-4-2-1-3-5-6/h4-10,16H,1-3H3,(H2,21,22,23);6H,1-5H2,(H,8,9). The summed E-state index contributed by atoms with van der Waals surface area (Å²) in [5.74, 6) is -0.543. The molecule has 1 aromatic carbocycles. The molecule has 1 aromatic heterocycles. The van der Waals surface area contributed by atoms with Gasteiger partial charge in [-0.3, -0.25) is 9.78 Å². The Bertz CT molecular complexity index is 932. The molecule has 1 aliphatic carbocycles. The highest BCUT2D eigenvalue weighted by atomic mass is 19.3. The average molecular weight is 464 g/mol. The second kappa shape index (κ2) is 12.7. The fourth-order valence-electron chi connectivity index (χ4n) is 3.56. The van der Waals surface area contributed by atoms with Crippen molar-refractivity contribution in [1.29, 1.82) is 0 Å². The predicted molar refractivity (Wildman–Crippen MR) is 123 cm³/mol. The zero-order valence-electron chi connectivity index (χ0n) is 19.1. The largest absolute Gasteiger partial charge is 0.481 e. The quantitative estimate of drug-likeness (QED) is 0.460. The number of aliphatic carboxylic acids is 1. The van der Waals surface area contributed by atoms with Gasteiger partial charge in [-0.1, -0.05) is 51.3 Å². The number of amides is 2. The van der Waals surface area contributed by atoms with Crippen molar-refractivity contribution in [3.8, 4) is 5.75 Å². The van der Waals surface area contributed by atoms with E-state index in [9.17, 15) is 18.4 Å². The van der Waals surface area contributed by atoms with Crippen molar-refractivity contribution in [2.24, 2.45) is 5.92 Å². The number of carboxylic acids is 1. The Kier molecular flexibility index (Phi) is 10.0. The molecule has 180 valence electrons. The maximum Gasteiger partial charge on any atom is 0.387 e. The zero-order chi connectivity index (χ0) is 24.4. The number of carboxylic acid groups (broad SMARTS) is 1. The Morgan fingerprint density at radius 3 is 2.30 bits per heavy atom. The molecule has 1 heterocycles. The van der Waals surface area contributed by atoms with Crippen LogP contribution in [0.15, 0.2) is 36.5 Å². The van der Waals surface area contributed by atoms with Gasteiger partial charge in [0.25, 0.3) is 0 Å². The summed E-state index contributed by atoms with van der Waals surface area (Å²) in [7, 11) is 0. The number of nitrogens with one attached hydrogen (secondary N) is 2. The third-order valence-corrected chi connectivity index (χ3v) is 5.25. The van der Waals surface area contributed by atoms with Crippen LogP contribution in [0.2, 0.25) is 0 Å². The van der Waals surface area contributed by atoms with E-state index in [1.807, 2.05) is 26.0 Å². The van der Waals surface area contributed by atoms with Crippen LogP contribution in [0.5, 0.6) is 5.75 Å². The van der Waals surface area contributed by atoms with Gasteiger partial charge in [-0.25, -0.2) is 4.79 Å². The third kappa shape index (κ3) is 8.67. The van der Waals surface area contributed by atoms with Crippen LogP contribution in [0.1, 0.15) is 63.1 Å². The van der Waals surface area contributed by atoms with E-state index in [0.29, 0.717) is 11.4 Å². The fraction of sp³-hybridized carbons (Fsp3) is 0.458. The highest BCUT2D eigenvalue weighted by Crippen LogP contribution is 2.27. The number of aromatic nitrogens is 1. The smallest absolute Gasteiger partial charge is 0.387 e. The van der Waals surface area contributed by atoms with Crippen molar-refractivity contribution >= 4 is 23.4 Å². The lowest BCUT2D eigenvalue weighted by atomic mass is 9.90. The van der Waals surface area contributed by atoms with Gasteiger partial charge >= 0.3 is 18.6 Å². The van der Waals surface area contributed by atoms with E-state index in [4.69, 9.17) is 5.11 Å². The predicted octanol–water partition coefficient (Wildman–Crippen LogP) is 6.41. The monoisotopic (exact) mass is 463 g/mol. The second-order valence-electron chi connectivity index (χ2n) is 8.19. The first-order chi connectivity index (χ1) is 15.7. The number of urea groups is 1. The van der Waals surface area contributed by atoms with E-state index in [-0.39, 0.29) is 23.3 Å². The van der Waals surface area contributed by atoms with E-state index >= 15 is 0 Å². The zero-order valence-corrected chi connectivity index (χ0v) is 19.1. The van der Waals surface area contributed by atoms with Gasteiger partial charge in [-0.05, 0) is 37.3 Å². The van der Waals surface area contributed by atoms with Gasteiger partial charge in [0.05, 0.1) is 12.1 Å². The molecule has 0 spiro atoms. The number of anilines is 2. The van der Waals surface area contributed by atoms with Gasteiger partial charge in [0.2, 0.25) is 0 Å². The lowest BCUT2D eigenvalue weighted by Gasteiger charge is -2.16. The van der Waals surface area contributed by atoms with Crippen LogP contribution in [0.25, 0.3) is 0 Å². The van der Waals surface area contributed by atoms with Gasteiger partial charge in [-0.15, -0.1) is 0 Å². The van der Waals surface area contributed by atoms with Crippen LogP contribution in [0.4, 0.5) is 25.0 Å². The fourth-order valence-corrected chi connectivity index (χ4v) is 3.56. The Labute approximate surface area is 192 Å². The molecule has 7 nitrogen and oxygen atoms in total. The third-order valence-electron chi connectivity index (χ3n) is 5.25. The van der Waals surface area contributed by atoms with Crippen LogP contribution >= 0.6 is 0 Å². The lowest BCUT2D eigenvalue weighted by molar-refractivity contribution is -0.142.